The first-order chi connectivity index (χ1) is 8.91. The summed E-state index contributed by atoms with van der Waals surface area (Å²) in [5.74, 6) is 0. The molecule has 0 spiro atoms. The van der Waals surface area contributed by atoms with Crippen LogP contribution in [0, 0.1) is 15.5 Å². The van der Waals surface area contributed by atoms with E-state index in [1.165, 1.54) is 37.8 Å². The second-order valence-corrected chi connectivity index (χ2v) is 6.23. The molecule has 19 heavy (non-hydrogen) atoms. The maximum atomic E-state index is 10.7. The topological polar surface area (TPSA) is 55.2 Å². The minimum atomic E-state index is -0.500. The Morgan fingerprint density at radius 1 is 1.32 bits per heavy atom. The van der Waals surface area contributed by atoms with Crippen molar-refractivity contribution in [3.8, 4) is 0 Å². The Morgan fingerprint density at radius 2 is 1.84 bits per heavy atom. The minimum Gasteiger partial charge on any atom is -0.382 e. The van der Waals surface area contributed by atoms with Gasteiger partial charge in [0.15, 0.2) is 0 Å². The first-order valence-electron chi connectivity index (χ1n) is 6.29. The first-order valence-corrected chi connectivity index (χ1v) is 7.04. The summed E-state index contributed by atoms with van der Waals surface area (Å²) in [5, 5.41) is 14.5. The highest BCUT2D eigenvalue weighted by Crippen LogP contribution is 2.40. The normalized spacial score (nSPS) is 17.4. The van der Waals surface area contributed by atoms with E-state index in [4.69, 9.17) is 23.2 Å². The fourth-order valence-electron chi connectivity index (χ4n) is 2.54. The molecule has 0 saturated heterocycles. The van der Waals surface area contributed by atoms with E-state index in [0.717, 1.165) is 6.54 Å². The van der Waals surface area contributed by atoms with Crippen LogP contribution in [0.25, 0.3) is 0 Å². The summed E-state index contributed by atoms with van der Waals surface area (Å²) in [5.41, 5.74) is 0.753. The van der Waals surface area contributed by atoms with Crippen LogP contribution in [0.15, 0.2) is 12.1 Å². The summed E-state index contributed by atoms with van der Waals surface area (Å²) in [4.78, 5) is 10.2. The Kier molecular flexibility index (Phi) is 4.21. The van der Waals surface area contributed by atoms with E-state index in [1.807, 2.05) is 0 Å². The third kappa shape index (κ3) is 3.31. The monoisotopic (exact) mass is 302 g/mol. The summed E-state index contributed by atoms with van der Waals surface area (Å²) >= 11 is 12.1. The van der Waals surface area contributed by atoms with E-state index >= 15 is 0 Å². The number of nitro groups is 1. The lowest BCUT2D eigenvalue weighted by Crippen LogP contribution is -2.23. The lowest BCUT2D eigenvalue weighted by molar-refractivity contribution is -0.384. The van der Waals surface area contributed by atoms with E-state index < -0.39 is 4.92 Å². The fraction of sp³-hybridized carbons (Fsp3) is 0.538. The van der Waals surface area contributed by atoms with Crippen molar-refractivity contribution in [1.29, 1.82) is 0 Å². The number of nitro benzene ring substituents is 1. The Morgan fingerprint density at radius 3 is 2.32 bits per heavy atom. The molecular formula is C13H16Cl2N2O2. The average Bonchev–Trinajstić information content (AvgIpc) is 2.75. The van der Waals surface area contributed by atoms with Gasteiger partial charge in [-0.3, -0.25) is 10.1 Å². The van der Waals surface area contributed by atoms with Crippen LogP contribution in [0.2, 0.25) is 10.0 Å². The van der Waals surface area contributed by atoms with Gasteiger partial charge < -0.3 is 5.32 Å². The molecule has 104 valence electrons. The van der Waals surface area contributed by atoms with Crippen LogP contribution < -0.4 is 5.32 Å². The molecule has 1 saturated carbocycles. The van der Waals surface area contributed by atoms with Crippen LogP contribution in [0.4, 0.5) is 11.4 Å². The van der Waals surface area contributed by atoms with Gasteiger partial charge in [0.1, 0.15) is 0 Å². The van der Waals surface area contributed by atoms with E-state index in [9.17, 15) is 10.1 Å². The first kappa shape index (κ1) is 14.4. The van der Waals surface area contributed by atoms with Crippen molar-refractivity contribution >= 4 is 34.6 Å². The highest BCUT2D eigenvalue weighted by Gasteiger charge is 2.28. The summed E-state index contributed by atoms with van der Waals surface area (Å²) in [6.07, 6.45) is 4.87. The SMILES string of the molecule is CC1(CNc2c(Cl)cc([N+](=O)[O-])cc2Cl)CCCC1. The van der Waals surface area contributed by atoms with Crippen molar-refractivity contribution < 1.29 is 4.92 Å². The molecule has 1 aliphatic carbocycles. The van der Waals surface area contributed by atoms with Crippen LogP contribution in [0.5, 0.6) is 0 Å². The molecule has 1 aromatic rings. The molecule has 0 bridgehead atoms. The Hall–Kier alpha value is -1.00. The molecule has 6 heteroatoms. The molecule has 2 rings (SSSR count). The number of nitrogens with zero attached hydrogens (tertiary/aromatic N) is 1. The van der Waals surface area contributed by atoms with E-state index in [1.54, 1.807) is 0 Å². The quantitative estimate of drug-likeness (QED) is 0.636. The van der Waals surface area contributed by atoms with Gasteiger partial charge in [-0.25, -0.2) is 0 Å². The fourth-order valence-corrected chi connectivity index (χ4v) is 3.15. The molecule has 1 aliphatic rings. The number of benzene rings is 1. The van der Waals surface area contributed by atoms with Gasteiger partial charge in [0.2, 0.25) is 0 Å². The van der Waals surface area contributed by atoms with E-state index in [-0.39, 0.29) is 11.1 Å². The second kappa shape index (κ2) is 5.55. The second-order valence-electron chi connectivity index (χ2n) is 5.41. The largest absolute Gasteiger partial charge is 0.382 e. The summed E-state index contributed by atoms with van der Waals surface area (Å²) in [6, 6.07) is 2.65. The van der Waals surface area contributed by atoms with Crippen molar-refractivity contribution in [1.82, 2.24) is 0 Å². The van der Waals surface area contributed by atoms with Crippen molar-refractivity contribution in [2.75, 3.05) is 11.9 Å². The smallest absolute Gasteiger partial charge is 0.272 e. The van der Waals surface area contributed by atoms with Gasteiger partial charge in [-0.2, -0.15) is 0 Å². The van der Waals surface area contributed by atoms with Crippen molar-refractivity contribution in [3.05, 3.63) is 32.3 Å². The Balaban J connectivity index is 2.14. The van der Waals surface area contributed by atoms with E-state index in [0.29, 0.717) is 15.7 Å². The minimum absolute atomic E-state index is 0.0902. The molecule has 0 unspecified atom stereocenters. The number of rotatable bonds is 4. The van der Waals surface area contributed by atoms with Crippen LogP contribution in [0.1, 0.15) is 32.6 Å². The zero-order valence-corrected chi connectivity index (χ0v) is 12.2. The Bertz CT molecular complexity index is 476. The van der Waals surface area contributed by atoms with Crippen LogP contribution in [-0.2, 0) is 0 Å². The number of nitrogens with one attached hydrogen (secondary N) is 1. The maximum absolute atomic E-state index is 10.7. The zero-order chi connectivity index (χ0) is 14.0. The predicted molar refractivity (Wildman–Crippen MR) is 78.2 cm³/mol. The molecule has 0 radical (unpaired) electrons. The van der Waals surface area contributed by atoms with Gasteiger partial charge in [-0.1, -0.05) is 43.0 Å². The molecule has 1 fully saturated rings. The van der Waals surface area contributed by atoms with Crippen molar-refractivity contribution in [2.45, 2.75) is 32.6 Å². The average molecular weight is 303 g/mol. The number of halogens is 2. The van der Waals surface area contributed by atoms with E-state index in [2.05, 4.69) is 12.2 Å². The molecule has 1 N–H and O–H groups in total. The van der Waals surface area contributed by atoms with Gasteiger partial charge in [0.05, 0.1) is 20.7 Å². The maximum Gasteiger partial charge on any atom is 0.272 e. The number of anilines is 1. The van der Waals surface area contributed by atoms with Crippen LogP contribution in [0.3, 0.4) is 0 Å². The molecule has 0 aliphatic heterocycles. The van der Waals surface area contributed by atoms with Crippen molar-refractivity contribution in [3.63, 3.8) is 0 Å². The van der Waals surface area contributed by atoms with Gasteiger partial charge in [0, 0.05) is 18.7 Å². The summed E-state index contributed by atoms with van der Waals surface area (Å²) in [7, 11) is 0. The molecule has 4 nitrogen and oxygen atoms in total. The predicted octanol–water partition coefficient (Wildman–Crippen LogP) is 4.89. The number of hydrogen-bond acceptors (Lipinski definition) is 3. The van der Waals surface area contributed by atoms with Crippen LogP contribution >= 0.6 is 23.2 Å². The highest BCUT2D eigenvalue weighted by atomic mass is 35.5. The molecule has 0 aromatic heterocycles. The Labute approximate surface area is 122 Å². The summed E-state index contributed by atoms with van der Waals surface area (Å²) in [6.45, 7) is 3.02. The molecule has 0 heterocycles. The molecule has 1 aromatic carbocycles. The molecular weight excluding hydrogens is 287 g/mol. The van der Waals surface area contributed by atoms with Gasteiger partial charge >= 0.3 is 0 Å². The number of non-ortho nitro benzene ring substituents is 1. The zero-order valence-electron chi connectivity index (χ0n) is 10.7. The third-order valence-electron chi connectivity index (χ3n) is 3.74. The lowest BCUT2D eigenvalue weighted by atomic mass is 9.89. The lowest BCUT2D eigenvalue weighted by Gasteiger charge is -2.25. The molecule has 0 atom stereocenters. The number of hydrogen-bond donors (Lipinski definition) is 1. The van der Waals surface area contributed by atoms with Crippen LogP contribution in [-0.4, -0.2) is 11.5 Å². The third-order valence-corrected chi connectivity index (χ3v) is 4.34. The standard InChI is InChI=1S/C13H16Cl2N2O2/c1-13(4-2-3-5-13)8-16-12-10(14)6-9(17(18)19)7-11(12)15/h6-7,16H,2-5,8H2,1H3. The van der Waals surface area contributed by atoms with Gasteiger partial charge in [0.25, 0.3) is 5.69 Å². The highest BCUT2D eigenvalue weighted by molar-refractivity contribution is 6.39. The van der Waals surface area contributed by atoms with Crippen molar-refractivity contribution in [2.24, 2.45) is 5.41 Å². The van der Waals surface area contributed by atoms with Gasteiger partial charge in [-0.15, -0.1) is 0 Å². The summed E-state index contributed by atoms with van der Waals surface area (Å²) < 4.78 is 0. The molecule has 0 amide bonds. The van der Waals surface area contributed by atoms with Gasteiger partial charge in [-0.05, 0) is 18.3 Å².